The first kappa shape index (κ1) is 20.9. The van der Waals surface area contributed by atoms with E-state index in [-0.39, 0.29) is 28.3 Å². The van der Waals surface area contributed by atoms with Crippen molar-refractivity contribution in [2.75, 3.05) is 18.3 Å². The van der Waals surface area contributed by atoms with E-state index in [9.17, 15) is 14.4 Å². The van der Waals surface area contributed by atoms with E-state index in [0.717, 1.165) is 11.3 Å². The highest BCUT2D eigenvalue weighted by atomic mass is 35.5. The van der Waals surface area contributed by atoms with E-state index in [1.165, 1.54) is 28.9 Å². The molecule has 1 aliphatic rings. The predicted octanol–water partition coefficient (Wildman–Crippen LogP) is -1.07. The number of carbonyl (C=O) groups excluding carboxylic acids is 3. The summed E-state index contributed by atoms with van der Waals surface area (Å²) in [7, 11) is 2.92. The number of thioether (sulfide) groups is 1. The van der Waals surface area contributed by atoms with Crippen LogP contribution in [0.25, 0.3) is 0 Å². The Hall–Kier alpha value is -2.78. The summed E-state index contributed by atoms with van der Waals surface area (Å²) in [4.78, 5) is 44.8. The number of thiazole rings is 1. The number of hydrogen-bond donors (Lipinski definition) is 3. The minimum atomic E-state index is -0.833. The molecule has 13 nitrogen and oxygen atoms in total. The number of nitrogens with one attached hydrogen (secondary N) is 3. The van der Waals surface area contributed by atoms with Crippen LogP contribution >= 0.6 is 34.7 Å². The predicted molar refractivity (Wildman–Crippen MR) is 104 cm³/mol. The number of amides is 3. The van der Waals surface area contributed by atoms with E-state index in [1.807, 2.05) is 0 Å². The molecule has 0 unspecified atom stereocenters. The van der Waals surface area contributed by atoms with Crippen molar-refractivity contribution in [3.63, 3.8) is 0 Å². The molecule has 0 radical (unpaired) electrons. The van der Waals surface area contributed by atoms with Gasteiger partial charge in [0.2, 0.25) is 17.0 Å². The van der Waals surface area contributed by atoms with Crippen LogP contribution in [-0.2, 0) is 26.3 Å². The zero-order chi connectivity index (χ0) is 21.0. The van der Waals surface area contributed by atoms with Crippen molar-refractivity contribution >= 4 is 63.3 Å². The summed E-state index contributed by atoms with van der Waals surface area (Å²) < 4.78 is 1.44. The van der Waals surface area contributed by atoms with Crippen LogP contribution < -0.4 is 16.0 Å². The highest BCUT2D eigenvalue weighted by Gasteiger charge is 2.43. The minimum absolute atomic E-state index is 0.154. The fourth-order valence-electron chi connectivity index (χ4n) is 2.13. The molecule has 1 saturated heterocycles. The van der Waals surface area contributed by atoms with Crippen molar-refractivity contribution in [3.8, 4) is 0 Å². The number of halogens is 1. The second-order valence-corrected chi connectivity index (χ2v) is 7.66. The lowest BCUT2D eigenvalue weighted by Gasteiger charge is -2.35. The van der Waals surface area contributed by atoms with Gasteiger partial charge in [0.05, 0.1) is 0 Å². The van der Waals surface area contributed by atoms with Crippen molar-refractivity contribution in [2.24, 2.45) is 12.2 Å². The van der Waals surface area contributed by atoms with Gasteiger partial charge in [-0.05, 0) is 10.4 Å². The lowest BCUT2D eigenvalue weighted by Crippen LogP contribution is -2.68. The molecule has 2 aromatic heterocycles. The van der Waals surface area contributed by atoms with Crippen LogP contribution in [0, 0.1) is 0 Å². The fraction of sp³-hybridized carbons (Fsp3) is 0.385. The number of carbonyl (C=O) groups is 3. The van der Waals surface area contributed by atoms with Gasteiger partial charge >= 0.3 is 0 Å². The second kappa shape index (κ2) is 9.15. The Bertz CT molecular complexity index is 962. The number of tetrazole rings is 1. The summed E-state index contributed by atoms with van der Waals surface area (Å²) in [5.74, 6) is -1.71. The van der Waals surface area contributed by atoms with E-state index in [1.54, 1.807) is 7.05 Å². The standard InChI is InChI=1S/C13H14ClN9O4S2/c1-23-13(19-21-22-23)29-11-8(10(26)18-11)17-9(25)7(20-27-2)5-4-28-12(15-5)16-6(24)3-14/h4,8,11H,3H2,1-2H3,(H,17,25)(H,18,26)(H,15,16,24)/b20-7-/t8-,11-/m1/s1. The van der Waals surface area contributed by atoms with Gasteiger partial charge in [-0.1, -0.05) is 16.9 Å². The molecular formula is C13H14ClN9O4S2. The molecule has 0 bridgehead atoms. The third-order valence-electron chi connectivity index (χ3n) is 3.48. The average Bonchev–Trinajstić information content (AvgIpc) is 3.32. The molecule has 2 aromatic rings. The maximum absolute atomic E-state index is 12.7. The number of nitrogens with zero attached hydrogens (tertiary/aromatic N) is 6. The molecule has 0 spiro atoms. The lowest BCUT2D eigenvalue weighted by molar-refractivity contribution is -0.132. The fourth-order valence-corrected chi connectivity index (χ4v) is 3.91. The molecule has 3 N–H and O–H groups in total. The maximum Gasteiger partial charge on any atom is 0.276 e. The van der Waals surface area contributed by atoms with Gasteiger partial charge < -0.3 is 20.8 Å². The zero-order valence-corrected chi connectivity index (χ0v) is 17.3. The molecule has 154 valence electrons. The molecule has 3 heterocycles. The van der Waals surface area contributed by atoms with Gasteiger partial charge in [-0.3, -0.25) is 14.4 Å². The summed E-state index contributed by atoms with van der Waals surface area (Å²) in [5.41, 5.74) is 0.0135. The molecule has 3 rings (SSSR count). The van der Waals surface area contributed by atoms with Gasteiger partial charge in [-0.25, -0.2) is 9.67 Å². The van der Waals surface area contributed by atoms with E-state index in [4.69, 9.17) is 16.4 Å². The monoisotopic (exact) mass is 459 g/mol. The van der Waals surface area contributed by atoms with Crippen LogP contribution in [0.1, 0.15) is 5.69 Å². The number of rotatable bonds is 8. The van der Waals surface area contributed by atoms with Crippen LogP contribution in [0.15, 0.2) is 15.7 Å². The van der Waals surface area contributed by atoms with Crippen LogP contribution in [0.5, 0.6) is 0 Å². The minimum Gasteiger partial charge on any atom is -0.398 e. The van der Waals surface area contributed by atoms with E-state index >= 15 is 0 Å². The Morgan fingerprint density at radius 1 is 1.52 bits per heavy atom. The smallest absolute Gasteiger partial charge is 0.276 e. The third-order valence-corrected chi connectivity index (χ3v) is 5.68. The van der Waals surface area contributed by atoms with Gasteiger partial charge in [0, 0.05) is 12.4 Å². The number of alkyl halides is 1. The third kappa shape index (κ3) is 4.80. The van der Waals surface area contributed by atoms with Crippen LogP contribution in [0.4, 0.5) is 5.13 Å². The summed E-state index contributed by atoms with van der Waals surface area (Å²) in [6, 6.07) is -0.833. The zero-order valence-electron chi connectivity index (χ0n) is 14.9. The number of aryl methyl sites for hydroxylation is 1. The SMILES string of the molecule is CO/N=C(\C(=O)N[C@@H]1C(=O)N[C@@H]1Sc1nnnn1C)c1csc(NC(=O)CCl)n1. The topological polar surface area (TPSA) is 165 Å². The van der Waals surface area contributed by atoms with Crippen LogP contribution in [-0.4, -0.2) is 73.0 Å². The summed E-state index contributed by atoms with van der Waals surface area (Å²) >= 11 is 7.71. The highest BCUT2D eigenvalue weighted by molar-refractivity contribution is 7.99. The van der Waals surface area contributed by atoms with E-state index in [0.29, 0.717) is 5.16 Å². The Balaban J connectivity index is 1.69. The van der Waals surface area contributed by atoms with Crippen molar-refractivity contribution in [1.82, 2.24) is 35.8 Å². The Labute approximate surface area is 176 Å². The van der Waals surface area contributed by atoms with Gasteiger partial charge in [0.1, 0.15) is 30.1 Å². The molecule has 29 heavy (non-hydrogen) atoms. The Morgan fingerprint density at radius 2 is 2.31 bits per heavy atom. The summed E-state index contributed by atoms with van der Waals surface area (Å²) in [6.07, 6.45) is 0. The highest BCUT2D eigenvalue weighted by Crippen LogP contribution is 2.26. The second-order valence-electron chi connectivity index (χ2n) is 5.43. The first-order chi connectivity index (χ1) is 13.9. The molecule has 3 amide bonds. The molecule has 1 fully saturated rings. The van der Waals surface area contributed by atoms with Gasteiger partial charge in [-0.15, -0.1) is 28.0 Å². The molecule has 0 aliphatic carbocycles. The summed E-state index contributed by atoms with van der Waals surface area (Å²) in [6.45, 7) is 0. The molecular weight excluding hydrogens is 446 g/mol. The number of oxime groups is 1. The van der Waals surface area contributed by atoms with Crippen molar-refractivity contribution in [1.29, 1.82) is 0 Å². The van der Waals surface area contributed by atoms with Gasteiger partial charge in [0.15, 0.2) is 10.8 Å². The molecule has 1 aliphatic heterocycles. The first-order valence-corrected chi connectivity index (χ1v) is 10.2. The molecule has 2 atom stereocenters. The lowest BCUT2D eigenvalue weighted by atomic mass is 10.1. The van der Waals surface area contributed by atoms with E-state index in [2.05, 4.69) is 41.6 Å². The van der Waals surface area contributed by atoms with Crippen LogP contribution in [0.3, 0.4) is 0 Å². The van der Waals surface area contributed by atoms with Crippen molar-refractivity contribution in [2.45, 2.75) is 16.6 Å². The molecule has 16 heteroatoms. The van der Waals surface area contributed by atoms with Gasteiger partial charge in [-0.2, -0.15) is 0 Å². The normalized spacial score (nSPS) is 18.6. The number of aromatic nitrogens is 5. The Morgan fingerprint density at radius 3 is 2.93 bits per heavy atom. The van der Waals surface area contributed by atoms with E-state index < -0.39 is 23.2 Å². The molecule has 0 aromatic carbocycles. The molecule has 0 saturated carbocycles. The van der Waals surface area contributed by atoms with Crippen LogP contribution in [0.2, 0.25) is 0 Å². The first-order valence-electron chi connectivity index (χ1n) is 7.86. The number of hydrogen-bond acceptors (Lipinski definition) is 11. The number of anilines is 1. The van der Waals surface area contributed by atoms with Gasteiger partial charge in [0.25, 0.3) is 5.91 Å². The van der Waals surface area contributed by atoms with Crippen molar-refractivity contribution < 1.29 is 19.2 Å². The van der Waals surface area contributed by atoms with Crippen molar-refractivity contribution in [3.05, 3.63) is 11.1 Å². The summed E-state index contributed by atoms with van der Waals surface area (Å²) in [5, 5.41) is 24.2. The largest absolute Gasteiger partial charge is 0.398 e. The Kier molecular flexibility index (Phi) is 6.60. The maximum atomic E-state index is 12.7. The average molecular weight is 460 g/mol. The quantitative estimate of drug-likeness (QED) is 0.193. The number of β-lactam (4-membered cyclic amide) rings is 1.